The smallest absolute Gasteiger partial charge is 0.253 e. The third kappa shape index (κ3) is 6.91. The molecule has 5 rings (SSSR count). The molecule has 0 bridgehead atoms. The highest BCUT2D eigenvalue weighted by Gasteiger charge is 2.38. The van der Waals surface area contributed by atoms with Crippen molar-refractivity contribution in [2.24, 2.45) is 5.92 Å². The normalized spacial score (nSPS) is 20.9. The molecule has 1 aliphatic heterocycles. The molecular weight excluding hydrogens is 510 g/mol. The van der Waals surface area contributed by atoms with Gasteiger partial charge in [-0.15, -0.1) is 11.8 Å². The molecule has 200 valence electrons. The van der Waals surface area contributed by atoms with Gasteiger partial charge in [-0.05, 0) is 41.0 Å². The Morgan fingerprint density at radius 2 is 1.69 bits per heavy atom. The second kappa shape index (κ2) is 13.0. The second-order valence-corrected chi connectivity index (χ2v) is 10.5. The quantitative estimate of drug-likeness (QED) is 0.271. The first-order chi connectivity index (χ1) is 19.1. The van der Waals surface area contributed by atoms with Gasteiger partial charge in [-0.1, -0.05) is 61.5 Å². The molecule has 3 heterocycles. The molecule has 2 N–H and O–H groups in total. The molecule has 4 atom stereocenters. The van der Waals surface area contributed by atoms with Crippen molar-refractivity contribution in [3.8, 4) is 0 Å². The third-order valence-electron chi connectivity index (χ3n) is 6.79. The van der Waals surface area contributed by atoms with E-state index in [4.69, 9.17) is 9.47 Å². The fourth-order valence-corrected chi connectivity index (χ4v) is 5.51. The monoisotopic (exact) mass is 541 g/mol. The highest BCUT2D eigenvalue weighted by atomic mass is 32.2. The number of nitrogens with zero attached hydrogens (tertiary/aromatic N) is 2. The summed E-state index contributed by atoms with van der Waals surface area (Å²) in [7, 11) is 0. The number of hydrogen-bond acceptors (Lipinski definition) is 7. The fraction of sp³-hybridized carbons (Fsp3) is 0.258. The van der Waals surface area contributed by atoms with Crippen LogP contribution in [0.3, 0.4) is 0 Å². The Labute approximate surface area is 232 Å². The summed E-state index contributed by atoms with van der Waals surface area (Å²) >= 11 is 1.67. The molecule has 1 amide bonds. The maximum atomic E-state index is 12.4. The van der Waals surface area contributed by atoms with Crippen molar-refractivity contribution in [2.75, 3.05) is 5.75 Å². The third-order valence-corrected chi connectivity index (χ3v) is 7.82. The van der Waals surface area contributed by atoms with E-state index in [1.807, 2.05) is 66.7 Å². The molecule has 8 heteroatoms. The molecule has 0 saturated carbocycles. The van der Waals surface area contributed by atoms with E-state index in [2.05, 4.69) is 22.2 Å². The molecule has 4 aromatic rings. The average Bonchev–Trinajstić information content (AvgIpc) is 3.00. The number of ether oxygens (including phenoxy) is 2. The summed E-state index contributed by atoms with van der Waals surface area (Å²) in [5, 5.41) is 13.4. The van der Waals surface area contributed by atoms with Gasteiger partial charge in [0.1, 0.15) is 0 Å². The summed E-state index contributed by atoms with van der Waals surface area (Å²) in [5.74, 6) is 0.671. The Morgan fingerprint density at radius 3 is 2.38 bits per heavy atom. The number of rotatable bonds is 9. The number of carbonyl (C=O) groups excluding carboxylic acids is 1. The Bertz CT molecular complexity index is 1340. The van der Waals surface area contributed by atoms with E-state index < -0.39 is 6.29 Å². The van der Waals surface area contributed by atoms with Crippen LogP contribution in [0, 0.1) is 5.92 Å². The van der Waals surface area contributed by atoms with Crippen LogP contribution in [0.1, 0.15) is 51.9 Å². The molecule has 0 spiro atoms. The van der Waals surface area contributed by atoms with Gasteiger partial charge in [-0.25, -0.2) is 4.98 Å². The maximum absolute atomic E-state index is 12.4. The van der Waals surface area contributed by atoms with Gasteiger partial charge >= 0.3 is 0 Å². The van der Waals surface area contributed by atoms with Crippen LogP contribution < -0.4 is 5.32 Å². The lowest BCUT2D eigenvalue weighted by Gasteiger charge is -2.41. The molecule has 39 heavy (non-hydrogen) atoms. The lowest BCUT2D eigenvalue weighted by atomic mass is 9.91. The first-order valence-electron chi connectivity index (χ1n) is 12.9. The van der Waals surface area contributed by atoms with E-state index in [1.54, 1.807) is 42.5 Å². The van der Waals surface area contributed by atoms with Crippen molar-refractivity contribution in [1.82, 2.24) is 15.3 Å². The second-order valence-electron chi connectivity index (χ2n) is 9.47. The largest absolute Gasteiger partial charge is 0.392 e. The van der Waals surface area contributed by atoms with Crippen molar-refractivity contribution < 1.29 is 19.4 Å². The van der Waals surface area contributed by atoms with Crippen molar-refractivity contribution in [3.63, 3.8) is 0 Å². The van der Waals surface area contributed by atoms with Crippen LogP contribution in [0.5, 0.6) is 0 Å². The molecule has 0 aliphatic carbocycles. The van der Waals surface area contributed by atoms with Gasteiger partial charge in [0.05, 0.1) is 29.4 Å². The van der Waals surface area contributed by atoms with E-state index >= 15 is 0 Å². The number of nitrogens with one attached hydrogen (secondary N) is 1. The lowest BCUT2D eigenvalue weighted by molar-refractivity contribution is -0.268. The SMILES string of the molecule is C[C@H]1[C@@H](CSc2ccccn2)O[C@@H](c2ccc(CNC(=O)c3cccnc3)cc2)O[C@H]1c1ccc(CO)cc1. The van der Waals surface area contributed by atoms with Gasteiger partial charge in [0, 0.05) is 42.4 Å². The number of pyridine rings is 2. The van der Waals surface area contributed by atoms with Gasteiger partial charge in [0.2, 0.25) is 0 Å². The molecule has 1 saturated heterocycles. The fourth-order valence-electron chi connectivity index (χ4n) is 4.48. The molecule has 2 aromatic carbocycles. The zero-order valence-corrected chi connectivity index (χ0v) is 22.5. The first kappa shape index (κ1) is 27.0. The van der Waals surface area contributed by atoms with Crippen molar-refractivity contribution >= 4 is 17.7 Å². The van der Waals surface area contributed by atoms with E-state index in [-0.39, 0.29) is 30.6 Å². The van der Waals surface area contributed by atoms with Crippen LogP contribution in [0.15, 0.2) is 102 Å². The number of hydrogen-bond donors (Lipinski definition) is 2. The maximum Gasteiger partial charge on any atom is 0.253 e. The highest BCUT2D eigenvalue weighted by molar-refractivity contribution is 7.99. The summed E-state index contributed by atoms with van der Waals surface area (Å²) in [6, 6.07) is 25.2. The van der Waals surface area contributed by atoms with Gasteiger partial charge in [0.15, 0.2) is 6.29 Å². The number of benzene rings is 2. The zero-order valence-electron chi connectivity index (χ0n) is 21.6. The molecule has 0 unspecified atom stereocenters. The molecule has 2 aromatic heterocycles. The van der Waals surface area contributed by atoms with Crippen molar-refractivity contribution in [3.05, 3.63) is 125 Å². The Kier molecular flexibility index (Phi) is 9.00. The summed E-state index contributed by atoms with van der Waals surface area (Å²) in [5.41, 5.74) is 4.33. The van der Waals surface area contributed by atoms with E-state index in [9.17, 15) is 9.90 Å². The van der Waals surface area contributed by atoms with Crippen LogP contribution in [0.2, 0.25) is 0 Å². The van der Waals surface area contributed by atoms with Gasteiger partial charge < -0.3 is 19.9 Å². The number of thioether (sulfide) groups is 1. The summed E-state index contributed by atoms with van der Waals surface area (Å²) in [4.78, 5) is 20.8. The summed E-state index contributed by atoms with van der Waals surface area (Å²) < 4.78 is 13.0. The summed E-state index contributed by atoms with van der Waals surface area (Å²) in [6.45, 7) is 2.56. The average molecular weight is 542 g/mol. The number of aliphatic hydroxyl groups excluding tert-OH is 1. The molecule has 0 radical (unpaired) electrons. The van der Waals surface area contributed by atoms with Crippen LogP contribution in [0.4, 0.5) is 0 Å². The minimum Gasteiger partial charge on any atom is -0.392 e. The van der Waals surface area contributed by atoms with Crippen LogP contribution in [-0.4, -0.2) is 32.8 Å². The minimum atomic E-state index is -0.544. The van der Waals surface area contributed by atoms with Gasteiger partial charge in [-0.3, -0.25) is 9.78 Å². The number of aliphatic hydroxyl groups is 1. The lowest BCUT2D eigenvalue weighted by Crippen LogP contribution is -2.38. The first-order valence-corrected chi connectivity index (χ1v) is 13.9. The minimum absolute atomic E-state index is 0.00543. The van der Waals surface area contributed by atoms with Crippen LogP contribution in [0.25, 0.3) is 0 Å². The van der Waals surface area contributed by atoms with Gasteiger partial charge in [-0.2, -0.15) is 0 Å². The zero-order chi connectivity index (χ0) is 27.0. The van der Waals surface area contributed by atoms with Gasteiger partial charge in [0.25, 0.3) is 5.91 Å². The van der Waals surface area contributed by atoms with Crippen molar-refractivity contribution in [2.45, 2.75) is 43.6 Å². The Morgan fingerprint density at radius 1 is 0.923 bits per heavy atom. The molecular formula is C31H31N3O4S. The van der Waals surface area contributed by atoms with Crippen LogP contribution >= 0.6 is 11.8 Å². The molecule has 7 nitrogen and oxygen atoms in total. The number of carbonyl (C=O) groups is 1. The van der Waals surface area contributed by atoms with Crippen LogP contribution in [-0.2, 0) is 22.6 Å². The molecule has 1 fully saturated rings. The van der Waals surface area contributed by atoms with E-state index in [0.717, 1.165) is 33.0 Å². The van der Waals surface area contributed by atoms with E-state index in [1.165, 1.54) is 0 Å². The standard InChI is InChI=1S/C31H31N3O4S/c1-21-27(20-39-28-6-2-3-16-33-28)37-31(38-29(21)24-11-9-23(19-35)10-12-24)25-13-7-22(8-14-25)17-34-30(36)26-5-4-15-32-18-26/h2-16,18,21,27,29,31,35H,17,19-20H2,1H3,(H,34,36)/t21-,27+,29+,31+/m0/s1. The summed E-state index contributed by atoms with van der Waals surface area (Å²) in [6.07, 6.45) is 4.19. The van der Waals surface area contributed by atoms with Crippen molar-refractivity contribution in [1.29, 1.82) is 0 Å². The molecule has 1 aliphatic rings. The Hall–Kier alpha value is -3.56. The Balaban J connectivity index is 1.30. The predicted molar refractivity (Wildman–Crippen MR) is 150 cm³/mol. The predicted octanol–water partition coefficient (Wildman–Crippen LogP) is 5.48. The number of aromatic nitrogens is 2. The topological polar surface area (TPSA) is 93.6 Å². The highest BCUT2D eigenvalue weighted by Crippen LogP contribution is 2.42. The number of amides is 1. The van der Waals surface area contributed by atoms with E-state index in [0.29, 0.717) is 12.1 Å².